The van der Waals surface area contributed by atoms with Gasteiger partial charge in [0.15, 0.2) is 0 Å². The van der Waals surface area contributed by atoms with Gasteiger partial charge >= 0.3 is 6.18 Å². The van der Waals surface area contributed by atoms with E-state index in [1.54, 1.807) is 19.1 Å². The minimum absolute atomic E-state index is 0.0458. The Balaban J connectivity index is 1.89. The number of hydrogen-bond donors (Lipinski definition) is 2. The smallest absolute Gasteiger partial charge is 0.325 e. The van der Waals surface area contributed by atoms with Crippen molar-refractivity contribution in [2.75, 3.05) is 16.4 Å². The van der Waals surface area contributed by atoms with Crippen LogP contribution in [-0.4, -0.2) is 22.8 Å². The minimum atomic E-state index is -4.49. The zero-order valence-electron chi connectivity index (χ0n) is 15.7. The zero-order chi connectivity index (χ0) is 20.9. The van der Waals surface area contributed by atoms with Crippen LogP contribution in [0.25, 0.3) is 0 Å². The van der Waals surface area contributed by atoms with Gasteiger partial charge in [-0.2, -0.15) is 13.2 Å². The van der Waals surface area contributed by atoms with Crippen LogP contribution in [0.3, 0.4) is 0 Å². The Morgan fingerprint density at radius 2 is 1.61 bits per heavy atom. The highest BCUT2D eigenvalue weighted by molar-refractivity contribution is 8.01. The topological polar surface area (TPSA) is 58.2 Å². The SMILES string of the molecule is Cc1ccc(NC(=O)CSC(C)C(=O)Nc2ccc(C)c(C(F)(F)F)c2)cc1. The van der Waals surface area contributed by atoms with Crippen molar-refractivity contribution >= 4 is 35.0 Å². The van der Waals surface area contributed by atoms with Crippen molar-refractivity contribution in [2.24, 2.45) is 0 Å². The summed E-state index contributed by atoms with van der Waals surface area (Å²) in [4.78, 5) is 24.2. The molecule has 28 heavy (non-hydrogen) atoms. The molecule has 150 valence electrons. The summed E-state index contributed by atoms with van der Waals surface area (Å²) in [7, 11) is 0. The highest BCUT2D eigenvalue weighted by atomic mass is 32.2. The van der Waals surface area contributed by atoms with Gasteiger partial charge in [0.1, 0.15) is 0 Å². The highest BCUT2D eigenvalue weighted by Crippen LogP contribution is 2.33. The van der Waals surface area contributed by atoms with Crippen molar-refractivity contribution < 1.29 is 22.8 Å². The molecular formula is C20H21F3N2O2S. The Bertz CT molecular complexity index is 852. The monoisotopic (exact) mass is 410 g/mol. The van der Waals surface area contributed by atoms with Gasteiger partial charge < -0.3 is 10.6 Å². The molecule has 0 spiro atoms. The molecule has 0 saturated carbocycles. The Hall–Kier alpha value is -2.48. The Morgan fingerprint density at radius 1 is 1.00 bits per heavy atom. The number of alkyl halides is 3. The van der Waals surface area contributed by atoms with Crippen molar-refractivity contribution in [3.05, 3.63) is 59.2 Å². The van der Waals surface area contributed by atoms with Crippen LogP contribution in [0.4, 0.5) is 24.5 Å². The number of carbonyl (C=O) groups excluding carboxylic acids is 2. The van der Waals surface area contributed by atoms with E-state index in [0.717, 1.165) is 23.4 Å². The van der Waals surface area contributed by atoms with Gasteiger partial charge in [-0.25, -0.2) is 0 Å². The number of aryl methyl sites for hydroxylation is 2. The standard InChI is InChI=1S/C20H21F3N2O2S/c1-12-4-7-15(8-5-12)24-18(26)11-28-14(3)19(27)25-16-9-6-13(2)17(10-16)20(21,22)23/h4-10,14H,11H2,1-3H3,(H,24,26)(H,25,27). The Labute approximate surface area is 165 Å². The number of anilines is 2. The predicted octanol–water partition coefficient (Wildman–Crippen LogP) is 5.02. The molecular weight excluding hydrogens is 389 g/mol. The largest absolute Gasteiger partial charge is 0.416 e. The van der Waals surface area contributed by atoms with E-state index in [1.807, 2.05) is 19.1 Å². The number of rotatable bonds is 6. The molecule has 1 atom stereocenters. The second-order valence-electron chi connectivity index (χ2n) is 6.38. The Morgan fingerprint density at radius 3 is 2.21 bits per heavy atom. The third kappa shape index (κ3) is 6.30. The number of hydrogen-bond acceptors (Lipinski definition) is 3. The summed E-state index contributed by atoms with van der Waals surface area (Å²) in [6.07, 6.45) is -4.49. The summed E-state index contributed by atoms with van der Waals surface area (Å²) in [5, 5.41) is 4.58. The van der Waals surface area contributed by atoms with Gasteiger partial charge in [-0.3, -0.25) is 9.59 Å². The second-order valence-corrected chi connectivity index (χ2v) is 7.71. The van der Waals surface area contributed by atoms with Crippen LogP contribution in [0.15, 0.2) is 42.5 Å². The van der Waals surface area contributed by atoms with E-state index in [9.17, 15) is 22.8 Å². The number of nitrogens with one attached hydrogen (secondary N) is 2. The van der Waals surface area contributed by atoms with Crippen LogP contribution in [0, 0.1) is 13.8 Å². The lowest BCUT2D eigenvalue weighted by Crippen LogP contribution is -2.25. The molecule has 0 saturated heterocycles. The maximum absolute atomic E-state index is 13.0. The number of carbonyl (C=O) groups is 2. The summed E-state index contributed by atoms with van der Waals surface area (Å²) in [6.45, 7) is 4.89. The van der Waals surface area contributed by atoms with Crippen LogP contribution < -0.4 is 10.6 Å². The molecule has 0 aliphatic carbocycles. The first-order valence-corrected chi connectivity index (χ1v) is 9.58. The van der Waals surface area contributed by atoms with Gasteiger partial charge in [0, 0.05) is 11.4 Å². The molecule has 2 N–H and O–H groups in total. The van der Waals surface area contributed by atoms with Crippen LogP contribution in [-0.2, 0) is 15.8 Å². The van der Waals surface area contributed by atoms with Gasteiger partial charge in [-0.05, 0) is 50.6 Å². The Kier molecular flexibility index (Phi) is 7.12. The summed E-state index contributed by atoms with van der Waals surface area (Å²) < 4.78 is 38.9. The molecule has 4 nitrogen and oxygen atoms in total. The van der Waals surface area contributed by atoms with Crippen LogP contribution in [0.1, 0.15) is 23.6 Å². The lowest BCUT2D eigenvalue weighted by Gasteiger charge is -2.15. The molecule has 8 heteroatoms. The fourth-order valence-corrected chi connectivity index (χ4v) is 3.04. The van der Waals surface area contributed by atoms with Crippen LogP contribution in [0.5, 0.6) is 0 Å². The average molecular weight is 410 g/mol. The number of halogens is 3. The minimum Gasteiger partial charge on any atom is -0.325 e. The summed E-state index contributed by atoms with van der Waals surface area (Å²) in [5.41, 5.74) is 1.10. The number of thioether (sulfide) groups is 1. The third-order valence-electron chi connectivity index (χ3n) is 3.98. The maximum Gasteiger partial charge on any atom is 0.416 e. The zero-order valence-corrected chi connectivity index (χ0v) is 16.5. The summed E-state index contributed by atoms with van der Waals surface area (Å²) in [5.74, 6) is -0.683. The van der Waals surface area contributed by atoms with Gasteiger partial charge in [0.2, 0.25) is 11.8 Å². The van der Waals surface area contributed by atoms with Crippen molar-refractivity contribution in [2.45, 2.75) is 32.2 Å². The van der Waals surface area contributed by atoms with Crippen molar-refractivity contribution in [1.29, 1.82) is 0 Å². The molecule has 1 unspecified atom stereocenters. The molecule has 0 fully saturated rings. The van der Waals surface area contributed by atoms with E-state index in [1.165, 1.54) is 19.1 Å². The van der Waals surface area contributed by atoms with Gasteiger partial charge in [-0.1, -0.05) is 23.8 Å². The quantitative estimate of drug-likeness (QED) is 0.703. The lowest BCUT2D eigenvalue weighted by atomic mass is 10.1. The molecule has 2 amide bonds. The molecule has 2 aromatic rings. The number of amides is 2. The molecule has 0 aromatic heterocycles. The number of benzene rings is 2. The van der Waals surface area contributed by atoms with E-state index in [0.29, 0.717) is 5.69 Å². The van der Waals surface area contributed by atoms with Crippen LogP contribution in [0.2, 0.25) is 0 Å². The summed E-state index contributed by atoms with van der Waals surface area (Å²) in [6, 6.07) is 10.9. The molecule has 0 bridgehead atoms. The summed E-state index contributed by atoms with van der Waals surface area (Å²) >= 11 is 1.10. The molecule has 0 aliphatic heterocycles. The fraction of sp³-hybridized carbons (Fsp3) is 0.300. The third-order valence-corrected chi connectivity index (χ3v) is 5.12. The maximum atomic E-state index is 13.0. The lowest BCUT2D eigenvalue weighted by molar-refractivity contribution is -0.138. The van der Waals surface area contributed by atoms with E-state index in [2.05, 4.69) is 10.6 Å². The van der Waals surface area contributed by atoms with Crippen molar-refractivity contribution in [3.8, 4) is 0 Å². The second kappa shape index (κ2) is 9.14. The van der Waals surface area contributed by atoms with E-state index in [-0.39, 0.29) is 22.9 Å². The van der Waals surface area contributed by atoms with Crippen molar-refractivity contribution in [1.82, 2.24) is 0 Å². The molecule has 2 aromatic carbocycles. The van der Waals surface area contributed by atoms with Crippen molar-refractivity contribution in [3.63, 3.8) is 0 Å². The van der Waals surface area contributed by atoms with Gasteiger partial charge in [0.05, 0.1) is 16.6 Å². The van der Waals surface area contributed by atoms with Gasteiger partial charge in [0.25, 0.3) is 0 Å². The van der Waals surface area contributed by atoms with Gasteiger partial charge in [-0.15, -0.1) is 11.8 Å². The van der Waals surface area contributed by atoms with E-state index < -0.39 is 22.9 Å². The first kappa shape index (κ1) is 21.8. The van der Waals surface area contributed by atoms with Crippen LogP contribution >= 0.6 is 11.8 Å². The van der Waals surface area contributed by atoms with E-state index in [4.69, 9.17) is 0 Å². The average Bonchev–Trinajstić information content (AvgIpc) is 2.62. The predicted molar refractivity (Wildman–Crippen MR) is 107 cm³/mol. The molecule has 2 rings (SSSR count). The first-order chi connectivity index (χ1) is 13.1. The highest BCUT2D eigenvalue weighted by Gasteiger charge is 2.32. The molecule has 0 aliphatic rings. The first-order valence-electron chi connectivity index (χ1n) is 8.53. The normalized spacial score (nSPS) is 12.4. The fourth-order valence-electron chi connectivity index (χ4n) is 2.36. The van der Waals surface area contributed by atoms with E-state index >= 15 is 0 Å². The molecule has 0 heterocycles. The molecule has 0 radical (unpaired) electrons.